The van der Waals surface area contributed by atoms with E-state index in [9.17, 15) is 5.11 Å². The van der Waals surface area contributed by atoms with Gasteiger partial charge in [0.25, 0.3) is 0 Å². The van der Waals surface area contributed by atoms with Gasteiger partial charge in [-0.1, -0.05) is 24.3 Å². The Morgan fingerprint density at radius 1 is 1.19 bits per heavy atom. The minimum atomic E-state index is 0.201. The van der Waals surface area contributed by atoms with Crippen molar-refractivity contribution in [3.63, 3.8) is 0 Å². The maximum atomic E-state index is 9.68. The third kappa shape index (κ3) is 2.58. The van der Waals surface area contributed by atoms with Gasteiger partial charge in [-0.3, -0.25) is 0 Å². The summed E-state index contributed by atoms with van der Waals surface area (Å²) in [5.41, 5.74) is 5.60. The van der Waals surface area contributed by atoms with Crippen LogP contribution in [0.3, 0.4) is 0 Å². The second-order valence-corrected chi connectivity index (χ2v) is 4.60. The van der Waals surface area contributed by atoms with E-state index >= 15 is 0 Å². The molecular formula is C16H16N4O. The van der Waals surface area contributed by atoms with Crippen molar-refractivity contribution in [2.45, 2.75) is 13.5 Å². The van der Waals surface area contributed by atoms with Crippen LogP contribution in [-0.2, 0) is 6.54 Å². The number of phenolic OH excluding ortho intramolecular Hbond substituents is 1. The highest BCUT2D eigenvalue weighted by atomic mass is 16.3. The van der Waals surface area contributed by atoms with E-state index in [0.717, 1.165) is 17.6 Å². The molecule has 0 fully saturated rings. The molecule has 0 aliphatic rings. The summed E-state index contributed by atoms with van der Waals surface area (Å²) >= 11 is 0. The van der Waals surface area contributed by atoms with Crippen molar-refractivity contribution in [1.82, 2.24) is 9.55 Å². The van der Waals surface area contributed by atoms with Crippen molar-refractivity contribution in [2.24, 2.45) is 5.10 Å². The average Bonchev–Trinajstić information content (AvgIpc) is 2.86. The minimum absolute atomic E-state index is 0.201. The number of para-hydroxylation sites is 3. The van der Waals surface area contributed by atoms with Gasteiger partial charge < -0.3 is 9.67 Å². The Balaban J connectivity index is 1.87. The maximum Gasteiger partial charge on any atom is 0.224 e. The number of benzene rings is 2. The van der Waals surface area contributed by atoms with Crippen molar-refractivity contribution in [3.05, 3.63) is 54.1 Å². The topological polar surface area (TPSA) is 62.4 Å². The van der Waals surface area contributed by atoms with Crippen LogP contribution < -0.4 is 5.43 Å². The summed E-state index contributed by atoms with van der Waals surface area (Å²) < 4.78 is 2.05. The second-order valence-electron chi connectivity index (χ2n) is 4.60. The number of aryl methyl sites for hydroxylation is 1. The number of hydrogen-bond acceptors (Lipinski definition) is 4. The predicted molar refractivity (Wildman–Crippen MR) is 84.7 cm³/mol. The first-order valence-electron chi connectivity index (χ1n) is 6.82. The van der Waals surface area contributed by atoms with Crippen LogP contribution in [-0.4, -0.2) is 20.9 Å². The summed E-state index contributed by atoms with van der Waals surface area (Å²) in [5.74, 6) is 0.886. The molecule has 2 N–H and O–H groups in total. The van der Waals surface area contributed by atoms with Gasteiger partial charge in [0, 0.05) is 12.1 Å². The third-order valence-electron chi connectivity index (χ3n) is 3.28. The highest BCUT2D eigenvalue weighted by molar-refractivity contribution is 5.84. The van der Waals surface area contributed by atoms with Gasteiger partial charge in [0.2, 0.25) is 5.95 Å². The van der Waals surface area contributed by atoms with Gasteiger partial charge in [-0.2, -0.15) is 5.10 Å². The molecule has 2 aromatic carbocycles. The molecule has 0 spiro atoms. The van der Waals surface area contributed by atoms with Gasteiger partial charge >= 0.3 is 0 Å². The summed E-state index contributed by atoms with van der Waals surface area (Å²) in [7, 11) is 0. The molecule has 0 saturated carbocycles. The lowest BCUT2D eigenvalue weighted by molar-refractivity contribution is 0.474. The molecule has 3 aromatic rings. The predicted octanol–water partition coefficient (Wildman–Crippen LogP) is 3.21. The van der Waals surface area contributed by atoms with Crippen LogP contribution >= 0.6 is 0 Å². The van der Waals surface area contributed by atoms with E-state index in [1.807, 2.05) is 30.3 Å². The summed E-state index contributed by atoms with van der Waals surface area (Å²) in [5, 5.41) is 13.8. The van der Waals surface area contributed by atoms with Crippen LogP contribution in [0.1, 0.15) is 12.5 Å². The van der Waals surface area contributed by atoms with E-state index in [-0.39, 0.29) is 5.75 Å². The standard InChI is InChI=1S/C16H16N4O/c1-2-20-14-9-5-4-8-13(14)18-16(20)19-17-11-12-7-3-6-10-15(12)21/h3-11,21H,2H2,1H3,(H,18,19)/b17-11+. The molecule has 0 aliphatic carbocycles. The van der Waals surface area contributed by atoms with E-state index in [4.69, 9.17) is 0 Å². The van der Waals surface area contributed by atoms with Gasteiger partial charge in [0.15, 0.2) is 0 Å². The molecule has 21 heavy (non-hydrogen) atoms. The number of aromatic hydroxyl groups is 1. The zero-order valence-corrected chi connectivity index (χ0v) is 11.7. The van der Waals surface area contributed by atoms with Gasteiger partial charge in [-0.15, -0.1) is 0 Å². The van der Waals surface area contributed by atoms with E-state index in [2.05, 4.69) is 27.0 Å². The lowest BCUT2D eigenvalue weighted by Crippen LogP contribution is -2.01. The Morgan fingerprint density at radius 2 is 1.95 bits per heavy atom. The minimum Gasteiger partial charge on any atom is -0.507 e. The Kier molecular flexibility index (Phi) is 3.55. The molecule has 0 aliphatic heterocycles. The number of rotatable bonds is 4. The van der Waals surface area contributed by atoms with Crippen molar-refractivity contribution >= 4 is 23.2 Å². The number of nitrogens with one attached hydrogen (secondary N) is 1. The molecule has 1 aromatic heterocycles. The number of phenols is 1. The molecule has 1 heterocycles. The summed E-state index contributed by atoms with van der Waals surface area (Å²) in [6.07, 6.45) is 1.58. The Morgan fingerprint density at radius 3 is 2.76 bits per heavy atom. The molecule has 0 bridgehead atoms. The SMILES string of the molecule is CCn1c(N/N=C/c2ccccc2O)nc2ccccc21. The van der Waals surface area contributed by atoms with Gasteiger partial charge in [0.05, 0.1) is 17.2 Å². The number of fused-ring (bicyclic) bond motifs is 1. The molecule has 0 atom stereocenters. The zero-order chi connectivity index (χ0) is 14.7. The number of nitrogens with zero attached hydrogens (tertiary/aromatic N) is 3. The summed E-state index contributed by atoms with van der Waals surface area (Å²) in [6, 6.07) is 15.0. The zero-order valence-electron chi connectivity index (χ0n) is 11.7. The smallest absolute Gasteiger partial charge is 0.224 e. The van der Waals surface area contributed by atoms with Gasteiger partial charge in [-0.05, 0) is 31.2 Å². The molecular weight excluding hydrogens is 264 g/mol. The fraction of sp³-hybridized carbons (Fsp3) is 0.125. The molecule has 106 valence electrons. The summed E-state index contributed by atoms with van der Waals surface area (Å²) in [6.45, 7) is 2.86. The third-order valence-corrected chi connectivity index (χ3v) is 3.28. The number of hydrazone groups is 1. The molecule has 0 amide bonds. The van der Waals surface area contributed by atoms with Gasteiger partial charge in [-0.25, -0.2) is 10.4 Å². The molecule has 0 unspecified atom stereocenters. The van der Waals surface area contributed by atoms with Crippen molar-refractivity contribution in [3.8, 4) is 5.75 Å². The fourth-order valence-corrected chi connectivity index (χ4v) is 2.24. The highest BCUT2D eigenvalue weighted by Crippen LogP contribution is 2.19. The van der Waals surface area contributed by atoms with E-state index < -0.39 is 0 Å². The largest absolute Gasteiger partial charge is 0.507 e. The Labute approximate surface area is 122 Å². The van der Waals surface area contributed by atoms with Crippen LogP contribution in [0, 0.1) is 0 Å². The Bertz CT molecular complexity index is 792. The number of imidazole rings is 1. The summed E-state index contributed by atoms with van der Waals surface area (Å²) in [4.78, 5) is 4.51. The molecule has 5 heteroatoms. The highest BCUT2D eigenvalue weighted by Gasteiger charge is 2.07. The quantitative estimate of drug-likeness (QED) is 0.570. The van der Waals surface area contributed by atoms with Crippen LogP contribution in [0.25, 0.3) is 11.0 Å². The average molecular weight is 280 g/mol. The van der Waals surface area contributed by atoms with Crippen LogP contribution in [0.2, 0.25) is 0 Å². The van der Waals surface area contributed by atoms with Crippen LogP contribution in [0.5, 0.6) is 5.75 Å². The first-order valence-corrected chi connectivity index (χ1v) is 6.82. The van der Waals surface area contributed by atoms with Crippen molar-refractivity contribution < 1.29 is 5.11 Å². The van der Waals surface area contributed by atoms with Crippen molar-refractivity contribution in [1.29, 1.82) is 0 Å². The number of hydrogen-bond donors (Lipinski definition) is 2. The number of aromatic nitrogens is 2. The van der Waals surface area contributed by atoms with Crippen LogP contribution in [0.15, 0.2) is 53.6 Å². The van der Waals surface area contributed by atoms with E-state index in [1.165, 1.54) is 0 Å². The van der Waals surface area contributed by atoms with E-state index in [1.54, 1.807) is 24.4 Å². The maximum absolute atomic E-state index is 9.68. The lowest BCUT2D eigenvalue weighted by atomic mass is 10.2. The first-order chi connectivity index (χ1) is 10.3. The Hall–Kier alpha value is -2.82. The normalized spacial score (nSPS) is 11.3. The monoisotopic (exact) mass is 280 g/mol. The first kappa shape index (κ1) is 13.2. The molecule has 0 saturated heterocycles. The van der Waals surface area contributed by atoms with Gasteiger partial charge in [0.1, 0.15) is 5.75 Å². The van der Waals surface area contributed by atoms with E-state index in [0.29, 0.717) is 11.5 Å². The fourth-order valence-electron chi connectivity index (χ4n) is 2.24. The van der Waals surface area contributed by atoms with Crippen molar-refractivity contribution in [2.75, 3.05) is 5.43 Å². The molecule has 3 rings (SSSR count). The lowest BCUT2D eigenvalue weighted by Gasteiger charge is -2.04. The molecule has 5 nitrogen and oxygen atoms in total. The number of anilines is 1. The second kappa shape index (κ2) is 5.66. The van der Waals surface area contributed by atoms with Crippen LogP contribution in [0.4, 0.5) is 5.95 Å². The molecule has 0 radical (unpaired) electrons.